The number of benzene rings is 2. The lowest BCUT2D eigenvalue weighted by Gasteiger charge is -2.08. The topological polar surface area (TPSA) is 84.3 Å². The molecule has 23 heavy (non-hydrogen) atoms. The van der Waals surface area contributed by atoms with Crippen LogP contribution in [0.15, 0.2) is 48.5 Å². The molecule has 2 N–H and O–H groups in total. The summed E-state index contributed by atoms with van der Waals surface area (Å²) in [5, 5.41) is 17.0. The Hall–Kier alpha value is -2.60. The van der Waals surface area contributed by atoms with Crippen LogP contribution in [0.2, 0.25) is 5.02 Å². The number of carbonyl (C=O) groups excluding carboxylic acids is 1. The molecule has 0 radical (unpaired) electrons. The van der Waals surface area contributed by atoms with Gasteiger partial charge >= 0.3 is 0 Å². The van der Waals surface area contributed by atoms with Gasteiger partial charge in [0.1, 0.15) is 0 Å². The van der Waals surface area contributed by atoms with E-state index in [1.165, 1.54) is 12.1 Å². The number of amides is 1. The van der Waals surface area contributed by atoms with E-state index < -0.39 is 4.92 Å². The van der Waals surface area contributed by atoms with Crippen LogP contribution < -0.4 is 10.6 Å². The first-order valence-electron chi connectivity index (χ1n) is 7.04. The van der Waals surface area contributed by atoms with Crippen LogP contribution in [0.5, 0.6) is 0 Å². The van der Waals surface area contributed by atoms with Gasteiger partial charge in [0.05, 0.1) is 11.3 Å². The molecule has 0 saturated carbocycles. The van der Waals surface area contributed by atoms with E-state index in [1.807, 2.05) is 18.2 Å². The van der Waals surface area contributed by atoms with Crippen LogP contribution >= 0.6 is 11.6 Å². The number of hydrogen-bond donors (Lipinski definition) is 2. The lowest BCUT2D eigenvalue weighted by atomic mass is 10.1. The van der Waals surface area contributed by atoms with Crippen molar-refractivity contribution in [3.63, 3.8) is 0 Å². The Kier molecular flexibility index (Phi) is 5.94. The normalized spacial score (nSPS) is 10.1. The Morgan fingerprint density at radius 3 is 2.43 bits per heavy atom. The first kappa shape index (κ1) is 16.8. The smallest absolute Gasteiger partial charge is 0.269 e. The van der Waals surface area contributed by atoms with Crippen LogP contribution in [0, 0.1) is 10.1 Å². The number of non-ortho nitro benzene ring substituents is 1. The van der Waals surface area contributed by atoms with Crippen molar-refractivity contribution < 1.29 is 9.72 Å². The first-order chi connectivity index (χ1) is 11.1. The number of anilines is 1. The molecule has 0 fully saturated rings. The molecule has 0 atom stereocenters. The van der Waals surface area contributed by atoms with Crippen LogP contribution in [0.1, 0.15) is 5.56 Å². The van der Waals surface area contributed by atoms with E-state index in [2.05, 4.69) is 10.6 Å². The monoisotopic (exact) mass is 333 g/mol. The standard InChI is InChI=1S/C16H16ClN3O3/c17-15-4-2-1-3-12(15)11-16(21)19-10-9-18-13-5-7-14(8-6-13)20(22)23/h1-8,18H,9-11H2,(H,19,21). The summed E-state index contributed by atoms with van der Waals surface area (Å²) in [7, 11) is 0. The van der Waals surface area contributed by atoms with Gasteiger partial charge in [0.25, 0.3) is 5.69 Å². The summed E-state index contributed by atoms with van der Waals surface area (Å²) in [6.07, 6.45) is 0.233. The molecule has 0 bridgehead atoms. The zero-order chi connectivity index (χ0) is 16.7. The highest BCUT2D eigenvalue weighted by atomic mass is 35.5. The lowest BCUT2D eigenvalue weighted by Crippen LogP contribution is -2.30. The van der Waals surface area contributed by atoms with Gasteiger partial charge in [0.2, 0.25) is 5.91 Å². The Balaban J connectivity index is 1.71. The summed E-state index contributed by atoms with van der Waals surface area (Å²) in [6, 6.07) is 13.3. The fraction of sp³-hybridized carbons (Fsp3) is 0.188. The molecule has 0 saturated heterocycles. The second-order valence-corrected chi connectivity index (χ2v) is 5.26. The summed E-state index contributed by atoms with van der Waals surface area (Å²) in [6.45, 7) is 0.965. The number of nitrogens with one attached hydrogen (secondary N) is 2. The van der Waals surface area contributed by atoms with Crippen molar-refractivity contribution in [1.82, 2.24) is 5.32 Å². The molecule has 0 aromatic heterocycles. The molecule has 120 valence electrons. The molecule has 2 aromatic rings. The third-order valence-corrected chi connectivity index (χ3v) is 3.53. The minimum absolute atomic E-state index is 0.0450. The SMILES string of the molecule is O=C(Cc1ccccc1Cl)NCCNc1ccc([N+](=O)[O-])cc1. The van der Waals surface area contributed by atoms with Gasteiger partial charge in [-0.15, -0.1) is 0 Å². The van der Waals surface area contributed by atoms with Crippen LogP contribution in [-0.4, -0.2) is 23.9 Å². The van der Waals surface area contributed by atoms with E-state index >= 15 is 0 Å². The van der Waals surface area contributed by atoms with E-state index in [9.17, 15) is 14.9 Å². The molecule has 0 aliphatic rings. The predicted octanol–water partition coefficient (Wildman–Crippen LogP) is 3.02. The van der Waals surface area contributed by atoms with Crippen molar-refractivity contribution in [3.05, 3.63) is 69.2 Å². The minimum atomic E-state index is -0.446. The molecular formula is C16H16ClN3O3. The summed E-state index contributed by atoms with van der Waals surface area (Å²) < 4.78 is 0. The third kappa shape index (κ3) is 5.27. The quantitative estimate of drug-likeness (QED) is 0.463. The van der Waals surface area contributed by atoms with Crippen molar-refractivity contribution in [2.75, 3.05) is 18.4 Å². The molecule has 0 aliphatic carbocycles. The maximum atomic E-state index is 11.8. The van der Waals surface area contributed by atoms with Crippen molar-refractivity contribution in [3.8, 4) is 0 Å². The van der Waals surface area contributed by atoms with E-state index in [0.717, 1.165) is 11.3 Å². The maximum Gasteiger partial charge on any atom is 0.269 e. The van der Waals surface area contributed by atoms with Crippen LogP contribution in [0.3, 0.4) is 0 Å². The highest BCUT2D eigenvalue weighted by Crippen LogP contribution is 2.16. The van der Waals surface area contributed by atoms with Gasteiger partial charge in [-0.25, -0.2) is 0 Å². The fourth-order valence-electron chi connectivity index (χ4n) is 1.99. The van der Waals surface area contributed by atoms with E-state index in [4.69, 9.17) is 11.6 Å². The molecule has 6 nitrogen and oxygen atoms in total. The zero-order valence-electron chi connectivity index (χ0n) is 12.3. The number of halogens is 1. The molecular weight excluding hydrogens is 318 g/mol. The Morgan fingerprint density at radius 1 is 1.09 bits per heavy atom. The van der Waals surface area contributed by atoms with Gasteiger partial charge in [0.15, 0.2) is 0 Å². The highest BCUT2D eigenvalue weighted by Gasteiger charge is 2.06. The van der Waals surface area contributed by atoms with Crippen molar-refractivity contribution in [2.45, 2.75) is 6.42 Å². The van der Waals surface area contributed by atoms with Gasteiger partial charge in [-0.3, -0.25) is 14.9 Å². The number of carbonyl (C=O) groups is 1. The van der Waals surface area contributed by atoms with E-state index in [0.29, 0.717) is 18.1 Å². The van der Waals surface area contributed by atoms with Crippen LogP contribution in [0.4, 0.5) is 11.4 Å². The maximum absolute atomic E-state index is 11.8. The Labute approximate surface area is 138 Å². The second-order valence-electron chi connectivity index (χ2n) is 4.85. The molecule has 2 rings (SSSR count). The fourth-order valence-corrected chi connectivity index (χ4v) is 2.19. The predicted molar refractivity (Wildman–Crippen MR) is 89.8 cm³/mol. The summed E-state index contributed by atoms with van der Waals surface area (Å²) in [5.74, 6) is -0.108. The Bertz CT molecular complexity index is 689. The summed E-state index contributed by atoms with van der Waals surface area (Å²) >= 11 is 6.00. The molecule has 1 amide bonds. The van der Waals surface area contributed by atoms with Crippen molar-refractivity contribution in [2.24, 2.45) is 0 Å². The number of hydrogen-bond acceptors (Lipinski definition) is 4. The van der Waals surface area contributed by atoms with Gasteiger partial charge in [0, 0.05) is 35.9 Å². The molecule has 0 spiro atoms. The van der Waals surface area contributed by atoms with Crippen LogP contribution in [-0.2, 0) is 11.2 Å². The number of rotatable bonds is 7. The zero-order valence-corrected chi connectivity index (χ0v) is 13.0. The summed E-state index contributed by atoms with van der Waals surface area (Å²) in [4.78, 5) is 21.9. The summed E-state index contributed by atoms with van der Waals surface area (Å²) in [5.41, 5.74) is 1.59. The molecule has 0 aliphatic heterocycles. The Morgan fingerprint density at radius 2 is 1.78 bits per heavy atom. The third-order valence-electron chi connectivity index (χ3n) is 3.16. The average molecular weight is 334 g/mol. The number of nitro benzene ring substituents is 1. The number of nitrogens with zero attached hydrogens (tertiary/aromatic N) is 1. The van der Waals surface area contributed by atoms with Crippen molar-refractivity contribution in [1.29, 1.82) is 0 Å². The largest absolute Gasteiger partial charge is 0.383 e. The molecule has 7 heteroatoms. The highest BCUT2D eigenvalue weighted by molar-refractivity contribution is 6.31. The molecule has 2 aromatic carbocycles. The second kappa shape index (κ2) is 8.14. The average Bonchev–Trinajstić information content (AvgIpc) is 2.54. The lowest BCUT2D eigenvalue weighted by molar-refractivity contribution is -0.384. The van der Waals surface area contributed by atoms with Gasteiger partial charge in [-0.2, -0.15) is 0 Å². The van der Waals surface area contributed by atoms with E-state index in [-0.39, 0.29) is 18.0 Å². The van der Waals surface area contributed by atoms with Crippen molar-refractivity contribution >= 4 is 28.9 Å². The minimum Gasteiger partial charge on any atom is -0.383 e. The molecule has 0 unspecified atom stereocenters. The van der Waals surface area contributed by atoms with E-state index in [1.54, 1.807) is 18.2 Å². The van der Waals surface area contributed by atoms with Gasteiger partial charge in [-0.05, 0) is 23.8 Å². The van der Waals surface area contributed by atoms with Crippen LogP contribution in [0.25, 0.3) is 0 Å². The first-order valence-corrected chi connectivity index (χ1v) is 7.42. The number of nitro groups is 1. The van der Waals surface area contributed by atoms with Gasteiger partial charge in [-0.1, -0.05) is 29.8 Å². The van der Waals surface area contributed by atoms with Gasteiger partial charge < -0.3 is 10.6 Å². The molecule has 0 heterocycles.